The van der Waals surface area contributed by atoms with Gasteiger partial charge in [0.2, 0.25) is 0 Å². The van der Waals surface area contributed by atoms with Crippen LogP contribution in [0.15, 0.2) is 48.0 Å². The van der Waals surface area contributed by atoms with Crippen LogP contribution in [-0.4, -0.2) is 38.7 Å². The molecule has 1 amide bonds. The fraction of sp³-hybridized carbons (Fsp3) is 0.261. The van der Waals surface area contributed by atoms with Crippen LogP contribution < -0.4 is 14.8 Å². The third kappa shape index (κ3) is 7.08. The van der Waals surface area contributed by atoms with Crippen LogP contribution in [0.1, 0.15) is 16.7 Å². The number of nitrogens with zero attached hydrogens (tertiary/aromatic N) is 1. The summed E-state index contributed by atoms with van der Waals surface area (Å²) in [5.41, 5.74) is 2.65. The molecule has 0 aliphatic carbocycles. The lowest BCUT2D eigenvalue weighted by molar-refractivity contribution is -0.136. The molecule has 0 heterocycles. The fourth-order valence-electron chi connectivity index (χ4n) is 2.57. The minimum Gasteiger partial charge on any atom is -0.482 e. The Morgan fingerprint density at radius 3 is 2.50 bits per heavy atom. The first kappa shape index (κ1) is 22.7. The molecular weight excluding hydrogens is 384 g/mol. The molecule has 0 atom stereocenters. The number of carbonyl (C=O) groups is 2. The summed E-state index contributed by atoms with van der Waals surface area (Å²) in [5, 5.41) is 11.8. The largest absolute Gasteiger partial charge is 0.482 e. The Bertz CT molecular complexity index is 959. The average Bonchev–Trinajstić information content (AvgIpc) is 2.72. The van der Waals surface area contributed by atoms with Gasteiger partial charge in [0.25, 0.3) is 5.91 Å². The number of ether oxygens (including phenoxy) is 3. The minimum atomic E-state index is -0.534. The molecule has 1 N–H and O–H groups in total. The van der Waals surface area contributed by atoms with Crippen LogP contribution in [0.4, 0.5) is 0 Å². The number of methoxy groups -OCH3 is 1. The van der Waals surface area contributed by atoms with Gasteiger partial charge in [-0.15, -0.1) is 0 Å². The maximum atomic E-state index is 12.0. The molecule has 30 heavy (non-hydrogen) atoms. The topological polar surface area (TPSA) is 97.6 Å². The number of hydrogen-bond acceptors (Lipinski definition) is 6. The number of nitriles is 1. The maximum absolute atomic E-state index is 12.0. The number of rotatable bonds is 9. The zero-order valence-corrected chi connectivity index (χ0v) is 17.2. The van der Waals surface area contributed by atoms with Crippen molar-refractivity contribution in [1.82, 2.24) is 5.32 Å². The molecule has 0 bridgehead atoms. The van der Waals surface area contributed by atoms with Crippen LogP contribution in [-0.2, 0) is 14.3 Å². The van der Waals surface area contributed by atoms with Gasteiger partial charge in [0, 0.05) is 13.7 Å². The van der Waals surface area contributed by atoms with Crippen LogP contribution in [0.25, 0.3) is 6.08 Å². The molecule has 0 saturated carbocycles. The lowest BCUT2D eigenvalue weighted by Gasteiger charge is -2.09. The number of esters is 1. The molecule has 0 unspecified atom stereocenters. The Balaban J connectivity index is 1.92. The van der Waals surface area contributed by atoms with Gasteiger partial charge in [0.15, 0.2) is 6.61 Å². The van der Waals surface area contributed by atoms with Crippen molar-refractivity contribution < 1.29 is 23.8 Å². The first-order valence-corrected chi connectivity index (χ1v) is 9.32. The third-order valence-corrected chi connectivity index (χ3v) is 4.06. The Morgan fingerprint density at radius 1 is 1.13 bits per heavy atom. The molecule has 0 radical (unpaired) electrons. The summed E-state index contributed by atoms with van der Waals surface area (Å²) in [4.78, 5) is 24.0. The number of carbonyl (C=O) groups excluding carboxylic acids is 2. The van der Waals surface area contributed by atoms with Gasteiger partial charge in [0.05, 0.1) is 6.61 Å². The summed E-state index contributed by atoms with van der Waals surface area (Å²) >= 11 is 0. The SMILES string of the molecule is COCCNC(=O)/C(C#N)=C/c1ccc(OC(=O)COc2ccc(C)cc2C)cc1. The predicted octanol–water partition coefficient (Wildman–Crippen LogP) is 2.96. The van der Waals surface area contributed by atoms with Crippen molar-refractivity contribution in [2.24, 2.45) is 0 Å². The number of hydrogen-bond donors (Lipinski definition) is 1. The van der Waals surface area contributed by atoms with E-state index in [1.807, 2.05) is 38.1 Å². The Labute approximate surface area is 175 Å². The molecule has 7 nitrogen and oxygen atoms in total. The molecule has 0 aromatic heterocycles. The summed E-state index contributed by atoms with van der Waals surface area (Å²) in [5.74, 6) is -0.0441. The fourth-order valence-corrected chi connectivity index (χ4v) is 2.57. The number of amides is 1. The minimum absolute atomic E-state index is 0.0299. The summed E-state index contributed by atoms with van der Waals surface area (Å²) in [6.07, 6.45) is 1.46. The summed E-state index contributed by atoms with van der Waals surface area (Å²) < 4.78 is 15.6. The molecule has 0 spiro atoms. The first-order chi connectivity index (χ1) is 14.4. The zero-order valence-electron chi connectivity index (χ0n) is 17.2. The molecule has 0 saturated heterocycles. The highest BCUT2D eigenvalue weighted by molar-refractivity contribution is 6.01. The summed E-state index contributed by atoms with van der Waals surface area (Å²) in [7, 11) is 1.53. The molecule has 7 heteroatoms. The van der Waals surface area contributed by atoms with Crippen molar-refractivity contribution in [3.8, 4) is 17.6 Å². The smallest absolute Gasteiger partial charge is 0.349 e. The second-order valence-corrected chi connectivity index (χ2v) is 6.52. The summed E-state index contributed by atoms with van der Waals surface area (Å²) in [6.45, 7) is 4.35. The quantitative estimate of drug-likeness (QED) is 0.225. The van der Waals surface area contributed by atoms with E-state index in [0.29, 0.717) is 30.2 Å². The Hall–Kier alpha value is -3.63. The molecule has 0 aliphatic heterocycles. The summed E-state index contributed by atoms with van der Waals surface area (Å²) in [6, 6.07) is 14.0. The van der Waals surface area contributed by atoms with Crippen molar-refractivity contribution in [2.75, 3.05) is 26.9 Å². The first-order valence-electron chi connectivity index (χ1n) is 9.32. The second-order valence-electron chi connectivity index (χ2n) is 6.52. The highest BCUT2D eigenvalue weighted by Crippen LogP contribution is 2.19. The van der Waals surface area contributed by atoms with Crippen molar-refractivity contribution >= 4 is 18.0 Å². The van der Waals surface area contributed by atoms with E-state index in [0.717, 1.165) is 11.1 Å². The molecule has 0 fully saturated rings. The van der Waals surface area contributed by atoms with Gasteiger partial charge in [-0.2, -0.15) is 5.26 Å². The van der Waals surface area contributed by atoms with Crippen LogP contribution in [0.3, 0.4) is 0 Å². The second kappa shape index (κ2) is 11.4. The number of benzene rings is 2. The van der Waals surface area contributed by atoms with E-state index in [4.69, 9.17) is 14.2 Å². The van der Waals surface area contributed by atoms with E-state index in [2.05, 4.69) is 5.32 Å². The van der Waals surface area contributed by atoms with Gasteiger partial charge in [-0.25, -0.2) is 4.79 Å². The monoisotopic (exact) mass is 408 g/mol. The van der Waals surface area contributed by atoms with Gasteiger partial charge in [-0.1, -0.05) is 29.8 Å². The predicted molar refractivity (Wildman–Crippen MR) is 112 cm³/mol. The van der Waals surface area contributed by atoms with Crippen molar-refractivity contribution in [3.63, 3.8) is 0 Å². The Kier molecular flexibility index (Phi) is 8.60. The van der Waals surface area contributed by atoms with Crippen molar-refractivity contribution in [3.05, 3.63) is 64.7 Å². The van der Waals surface area contributed by atoms with Crippen LogP contribution in [0.2, 0.25) is 0 Å². The number of nitrogens with one attached hydrogen (secondary N) is 1. The lowest BCUT2D eigenvalue weighted by Crippen LogP contribution is -2.27. The van der Waals surface area contributed by atoms with Crippen molar-refractivity contribution in [2.45, 2.75) is 13.8 Å². The van der Waals surface area contributed by atoms with Crippen LogP contribution in [0.5, 0.6) is 11.5 Å². The third-order valence-electron chi connectivity index (χ3n) is 4.06. The standard InChI is InChI=1S/C23H24N2O5/c1-16-4-9-21(17(2)12-16)29-15-22(26)30-20-7-5-18(6-8-20)13-19(14-24)23(27)25-10-11-28-3/h4-9,12-13H,10-11,15H2,1-3H3,(H,25,27)/b19-13+. The van der Waals surface area contributed by atoms with Gasteiger partial charge in [-0.3, -0.25) is 4.79 Å². The highest BCUT2D eigenvalue weighted by atomic mass is 16.6. The van der Waals surface area contributed by atoms with E-state index in [9.17, 15) is 14.9 Å². The molecule has 2 aromatic carbocycles. The van der Waals surface area contributed by atoms with Crippen molar-refractivity contribution in [1.29, 1.82) is 5.26 Å². The van der Waals surface area contributed by atoms with E-state index < -0.39 is 11.9 Å². The molecular formula is C23H24N2O5. The van der Waals surface area contributed by atoms with Crippen LogP contribution in [0, 0.1) is 25.2 Å². The van der Waals surface area contributed by atoms with E-state index >= 15 is 0 Å². The Morgan fingerprint density at radius 2 is 1.87 bits per heavy atom. The van der Waals surface area contributed by atoms with Crippen LogP contribution >= 0.6 is 0 Å². The molecule has 2 rings (SSSR count). The highest BCUT2D eigenvalue weighted by Gasteiger charge is 2.10. The van der Waals surface area contributed by atoms with E-state index in [-0.39, 0.29) is 12.2 Å². The molecule has 156 valence electrons. The maximum Gasteiger partial charge on any atom is 0.349 e. The van der Waals surface area contributed by atoms with Gasteiger partial charge >= 0.3 is 5.97 Å². The van der Waals surface area contributed by atoms with E-state index in [1.165, 1.54) is 13.2 Å². The van der Waals surface area contributed by atoms with E-state index in [1.54, 1.807) is 24.3 Å². The lowest BCUT2D eigenvalue weighted by atomic mass is 10.1. The van der Waals surface area contributed by atoms with Gasteiger partial charge in [0.1, 0.15) is 23.1 Å². The molecule has 2 aromatic rings. The van der Waals surface area contributed by atoms with Gasteiger partial charge in [-0.05, 0) is 49.2 Å². The van der Waals surface area contributed by atoms with Gasteiger partial charge < -0.3 is 19.5 Å². The normalized spacial score (nSPS) is 10.8. The number of aryl methyl sites for hydroxylation is 2. The molecule has 0 aliphatic rings. The average molecular weight is 408 g/mol. The zero-order chi connectivity index (χ0) is 21.9.